The van der Waals surface area contributed by atoms with Gasteiger partial charge in [0.05, 0.1) is 0 Å². The maximum atomic E-state index is 5.52. The number of aliphatic imine (C=N–C) groups is 1. The van der Waals surface area contributed by atoms with Crippen molar-refractivity contribution >= 4 is 11.5 Å². The zero-order valence-electron chi connectivity index (χ0n) is 6.87. The Hall–Kier alpha value is -1.51. The van der Waals surface area contributed by atoms with Crippen LogP contribution in [-0.2, 0) is 0 Å². The fourth-order valence-corrected chi connectivity index (χ4v) is 1.25. The second kappa shape index (κ2) is 2.52. The quantitative estimate of drug-likeness (QED) is 0.626. The smallest absolute Gasteiger partial charge is 0.148 e. The third-order valence-electron chi connectivity index (χ3n) is 1.82. The fraction of sp³-hybridized carbons (Fsp3) is 0.222. The first kappa shape index (κ1) is 7.16. The van der Waals surface area contributed by atoms with Crippen LogP contribution in [0.25, 0.3) is 0 Å². The minimum atomic E-state index is 0.401. The zero-order valence-corrected chi connectivity index (χ0v) is 6.87. The zero-order chi connectivity index (χ0) is 8.55. The lowest BCUT2D eigenvalue weighted by Gasteiger charge is -2.15. The van der Waals surface area contributed by atoms with E-state index in [0.29, 0.717) is 12.4 Å². The Bertz CT molecular complexity index is 344. The number of hydrogen-bond acceptors (Lipinski definition) is 3. The molecule has 0 atom stereocenters. The van der Waals surface area contributed by atoms with Gasteiger partial charge in [-0.3, -0.25) is 0 Å². The molecule has 1 aromatic carbocycles. The number of benzene rings is 1. The van der Waals surface area contributed by atoms with Gasteiger partial charge < -0.3 is 10.5 Å². The minimum absolute atomic E-state index is 0.401. The Morgan fingerprint density at radius 3 is 3.17 bits per heavy atom. The standard InChI is InChI=1S/C9H10N2O/c1-6-3-2-4-7-9(6)12-5-8(10)11-7/h2-4H,5H2,1H3,(H2,10,11). The molecule has 0 amide bonds. The summed E-state index contributed by atoms with van der Waals surface area (Å²) in [6.45, 7) is 2.40. The van der Waals surface area contributed by atoms with Gasteiger partial charge in [0.2, 0.25) is 0 Å². The summed E-state index contributed by atoms with van der Waals surface area (Å²) < 4.78 is 5.41. The van der Waals surface area contributed by atoms with E-state index in [9.17, 15) is 0 Å². The fourth-order valence-electron chi connectivity index (χ4n) is 1.25. The van der Waals surface area contributed by atoms with Crippen LogP contribution >= 0.6 is 0 Å². The third-order valence-corrected chi connectivity index (χ3v) is 1.82. The predicted molar refractivity (Wildman–Crippen MR) is 48.0 cm³/mol. The Morgan fingerprint density at radius 1 is 1.50 bits per heavy atom. The number of nitrogens with zero attached hydrogens (tertiary/aromatic N) is 1. The lowest BCUT2D eigenvalue weighted by molar-refractivity contribution is 0.368. The summed E-state index contributed by atoms with van der Waals surface area (Å²) in [7, 11) is 0. The van der Waals surface area contributed by atoms with Gasteiger partial charge in [-0.2, -0.15) is 0 Å². The van der Waals surface area contributed by atoms with E-state index in [0.717, 1.165) is 17.0 Å². The molecule has 3 heteroatoms. The number of ether oxygens (including phenoxy) is 1. The van der Waals surface area contributed by atoms with Gasteiger partial charge in [-0.05, 0) is 18.6 Å². The molecule has 0 aliphatic carbocycles. The van der Waals surface area contributed by atoms with E-state index < -0.39 is 0 Å². The first-order chi connectivity index (χ1) is 5.77. The minimum Gasteiger partial charge on any atom is -0.483 e. The number of nitrogens with two attached hydrogens (primary N) is 1. The molecule has 0 saturated heterocycles. The number of rotatable bonds is 0. The van der Waals surface area contributed by atoms with Crippen LogP contribution in [0.3, 0.4) is 0 Å². The Morgan fingerprint density at radius 2 is 2.33 bits per heavy atom. The van der Waals surface area contributed by atoms with Crippen LogP contribution in [-0.4, -0.2) is 12.4 Å². The van der Waals surface area contributed by atoms with Gasteiger partial charge in [0.1, 0.15) is 23.9 Å². The maximum Gasteiger partial charge on any atom is 0.148 e. The van der Waals surface area contributed by atoms with Crippen LogP contribution in [0.4, 0.5) is 5.69 Å². The van der Waals surface area contributed by atoms with Gasteiger partial charge in [-0.1, -0.05) is 12.1 Å². The molecule has 3 nitrogen and oxygen atoms in total. The number of amidine groups is 1. The summed E-state index contributed by atoms with van der Waals surface area (Å²) in [6.07, 6.45) is 0. The molecule has 0 fully saturated rings. The van der Waals surface area contributed by atoms with E-state index in [1.807, 2.05) is 25.1 Å². The topological polar surface area (TPSA) is 47.6 Å². The highest BCUT2D eigenvalue weighted by atomic mass is 16.5. The molecule has 1 heterocycles. The second-order valence-electron chi connectivity index (χ2n) is 2.81. The molecule has 0 spiro atoms. The molecule has 0 aromatic heterocycles. The molecule has 62 valence electrons. The summed E-state index contributed by atoms with van der Waals surface area (Å²) in [5.74, 6) is 1.39. The van der Waals surface area contributed by atoms with Crippen LogP contribution in [0.5, 0.6) is 5.75 Å². The molecule has 2 rings (SSSR count). The molecular formula is C9H10N2O. The van der Waals surface area contributed by atoms with Crippen molar-refractivity contribution in [2.45, 2.75) is 6.92 Å². The SMILES string of the molecule is Cc1cccc2c1OCC(N)=N2. The molecule has 0 bridgehead atoms. The molecule has 1 aromatic rings. The van der Waals surface area contributed by atoms with Gasteiger partial charge in [-0.15, -0.1) is 0 Å². The normalized spacial score (nSPS) is 14.6. The first-order valence-corrected chi connectivity index (χ1v) is 3.83. The summed E-state index contributed by atoms with van der Waals surface area (Å²) in [5, 5.41) is 0. The molecule has 2 N–H and O–H groups in total. The van der Waals surface area contributed by atoms with Gasteiger partial charge in [-0.25, -0.2) is 4.99 Å². The predicted octanol–water partition coefficient (Wildman–Crippen LogP) is 1.38. The van der Waals surface area contributed by atoms with Crippen molar-refractivity contribution in [1.82, 2.24) is 0 Å². The van der Waals surface area contributed by atoms with Crippen molar-refractivity contribution in [2.24, 2.45) is 10.7 Å². The molecule has 1 aliphatic rings. The van der Waals surface area contributed by atoms with Crippen molar-refractivity contribution < 1.29 is 4.74 Å². The van der Waals surface area contributed by atoms with Crippen molar-refractivity contribution in [3.05, 3.63) is 23.8 Å². The molecule has 12 heavy (non-hydrogen) atoms. The highest BCUT2D eigenvalue weighted by Gasteiger charge is 2.11. The van der Waals surface area contributed by atoms with Crippen molar-refractivity contribution in [3.63, 3.8) is 0 Å². The summed E-state index contributed by atoms with van der Waals surface area (Å²) in [4.78, 5) is 4.18. The third kappa shape index (κ3) is 1.03. The van der Waals surface area contributed by atoms with Crippen LogP contribution in [0.15, 0.2) is 23.2 Å². The van der Waals surface area contributed by atoms with E-state index in [4.69, 9.17) is 10.5 Å². The van der Waals surface area contributed by atoms with E-state index >= 15 is 0 Å². The van der Waals surface area contributed by atoms with Crippen LogP contribution in [0.2, 0.25) is 0 Å². The number of para-hydroxylation sites is 1. The Kier molecular flexibility index (Phi) is 1.50. The molecule has 0 unspecified atom stereocenters. The molecule has 0 radical (unpaired) electrons. The van der Waals surface area contributed by atoms with Crippen molar-refractivity contribution in [1.29, 1.82) is 0 Å². The summed E-state index contributed by atoms with van der Waals surface area (Å²) in [6, 6.07) is 5.84. The van der Waals surface area contributed by atoms with Crippen molar-refractivity contribution in [3.8, 4) is 5.75 Å². The lowest BCUT2D eigenvalue weighted by Crippen LogP contribution is -2.23. The molecule has 1 aliphatic heterocycles. The van der Waals surface area contributed by atoms with E-state index in [1.54, 1.807) is 0 Å². The van der Waals surface area contributed by atoms with Gasteiger partial charge in [0, 0.05) is 0 Å². The van der Waals surface area contributed by atoms with Gasteiger partial charge >= 0.3 is 0 Å². The van der Waals surface area contributed by atoms with E-state index in [1.165, 1.54) is 0 Å². The summed E-state index contributed by atoms with van der Waals surface area (Å²) in [5.41, 5.74) is 7.46. The number of hydrogen-bond donors (Lipinski definition) is 1. The van der Waals surface area contributed by atoms with Gasteiger partial charge in [0.15, 0.2) is 0 Å². The second-order valence-corrected chi connectivity index (χ2v) is 2.81. The largest absolute Gasteiger partial charge is 0.483 e. The van der Waals surface area contributed by atoms with Crippen molar-refractivity contribution in [2.75, 3.05) is 6.61 Å². The number of aryl methyl sites for hydroxylation is 1. The van der Waals surface area contributed by atoms with Gasteiger partial charge in [0.25, 0.3) is 0 Å². The molecular weight excluding hydrogens is 152 g/mol. The van der Waals surface area contributed by atoms with Crippen LogP contribution in [0, 0.1) is 6.92 Å². The van der Waals surface area contributed by atoms with Crippen LogP contribution in [0.1, 0.15) is 5.56 Å². The first-order valence-electron chi connectivity index (χ1n) is 3.83. The average molecular weight is 162 g/mol. The lowest BCUT2D eigenvalue weighted by atomic mass is 10.2. The highest BCUT2D eigenvalue weighted by Crippen LogP contribution is 2.32. The summed E-state index contributed by atoms with van der Waals surface area (Å²) >= 11 is 0. The Labute approximate surface area is 70.9 Å². The monoisotopic (exact) mass is 162 g/mol. The Balaban J connectivity index is 2.57. The molecule has 0 saturated carbocycles. The number of fused-ring (bicyclic) bond motifs is 1. The van der Waals surface area contributed by atoms with Crippen LogP contribution < -0.4 is 10.5 Å². The van der Waals surface area contributed by atoms with E-state index in [-0.39, 0.29) is 0 Å². The van der Waals surface area contributed by atoms with E-state index in [2.05, 4.69) is 4.99 Å². The average Bonchev–Trinajstić information content (AvgIpc) is 2.04. The highest BCUT2D eigenvalue weighted by molar-refractivity contribution is 5.87. The maximum absolute atomic E-state index is 5.52.